The highest BCUT2D eigenvalue weighted by Crippen LogP contribution is 2.44. The molecule has 0 spiro atoms. The van der Waals surface area contributed by atoms with Crippen molar-refractivity contribution in [3.8, 4) is 11.5 Å². The van der Waals surface area contributed by atoms with E-state index in [9.17, 15) is 13.6 Å². The molecule has 1 amide bonds. The summed E-state index contributed by atoms with van der Waals surface area (Å²) in [4.78, 5) is 13.4. The number of allylic oxidation sites excluding steroid dienone is 2. The molecular formula is C20H20ClF2N3O3. The monoisotopic (exact) mass is 423 g/mol. The third kappa shape index (κ3) is 3.35. The van der Waals surface area contributed by atoms with Gasteiger partial charge < -0.3 is 14.8 Å². The highest BCUT2D eigenvalue weighted by atomic mass is 35.5. The number of rotatable bonds is 5. The van der Waals surface area contributed by atoms with Crippen molar-refractivity contribution in [1.82, 2.24) is 9.78 Å². The number of ether oxygens (including phenoxy) is 2. The normalized spacial score (nSPS) is 18.6. The Morgan fingerprint density at radius 3 is 2.76 bits per heavy atom. The molecule has 0 saturated heterocycles. The smallest absolute Gasteiger partial charge is 0.387 e. The van der Waals surface area contributed by atoms with Crippen LogP contribution in [0.3, 0.4) is 0 Å². The van der Waals surface area contributed by atoms with Crippen molar-refractivity contribution in [2.45, 2.75) is 44.3 Å². The van der Waals surface area contributed by atoms with E-state index < -0.39 is 12.2 Å². The van der Waals surface area contributed by atoms with Crippen LogP contribution in [0.5, 0.6) is 11.5 Å². The molecule has 9 heteroatoms. The molecular weight excluding hydrogens is 404 g/mol. The first kappa shape index (κ1) is 19.7. The van der Waals surface area contributed by atoms with Crippen molar-refractivity contribution in [3.63, 3.8) is 0 Å². The van der Waals surface area contributed by atoms with E-state index in [2.05, 4.69) is 15.2 Å². The van der Waals surface area contributed by atoms with E-state index in [1.165, 1.54) is 18.2 Å². The Kier molecular flexibility index (Phi) is 4.77. The number of halogens is 3. The Bertz CT molecular complexity index is 979. The number of nitrogens with zero attached hydrogens (tertiary/aromatic N) is 2. The van der Waals surface area contributed by atoms with Gasteiger partial charge in [0.05, 0.1) is 24.2 Å². The Balaban J connectivity index is 1.71. The Hall–Kier alpha value is -2.61. The molecule has 1 aromatic carbocycles. The largest absolute Gasteiger partial charge is 0.489 e. The maximum atomic E-state index is 13.4. The second-order valence-corrected chi connectivity index (χ2v) is 8.26. The number of amides is 1. The van der Waals surface area contributed by atoms with Crippen molar-refractivity contribution in [2.75, 3.05) is 11.9 Å². The lowest BCUT2D eigenvalue weighted by atomic mass is 9.88. The lowest BCUT2D eigenvalue weighted by Crippen LogP contribution is -2.46. The van der Waals surface area contributed by atoms with Gasteiger partial charge in [0.15, 0.2) is 11.5 Å². The van der Waals surface area contributed by atoms with Gasteiger partial charge in [0.1, 0.15) is 5.54 Å². The minimum Gasteiger partial charge on any atom is -0.489 e. The number of carbonyl (C=O) groups excluding carboxylic acids is 1. The lowest BCUT2D eigenvalue weighted by molar-refractivity contribution is -0.124. The van der Waals surface area contributed by atoms with Crippen LogP contribution in [-0.4, -0.2) is 28.9 Å². The molecule has 1 N–H and O–H groups in total. The molecule has 0 radical (unpaired) electrons. The van der Waals surface area contributed by atoms with Gasteiger partial charge in [-0.15, -0.1) is 0 Å². The maximum absolute atomic E-state index is 13.4. The predicted molar refractivity (Wildman–Crippen MR) is 104 cm³/mol. The predicted octanol–water partition coefficient (Wildman–Crippen LogP) is 4.49. The fourth-order valence-electron chi connectivity index (χ4n) is 3.84. The van der Waals surface area contributed by atoms with Crippen LogP contribution in [0.25, 0.3) is 0 Å². The standard InChI is InChI=1S/C20H20ClF2N3O3/c1-19(2)11-28-15-10-24-26(16(15)19)20(7-3-4-8-20)17(27)25-13-6-5-12(21)9-14(13)29-18(22)23/h3-6,9-10,18H,7-8,11H2,1-2H3,(H,25,27). The number of hydrogen-bond acceptors (Lipinski definition) is 4. The highest BCUT2D eigenvalue weighted by molar-refractivity contribution is 6.30. The summed E-state index contributed by atoms with van der Waals surface area (Å²) in [5.41, 5.74) is -0.381. The van der Waals surface area contributed by atoms with Gasteiger partial charge in [-0.2, -0.15) is 13.9 Å². The number of nitrogens with one attached hydrogen (secondary N) is 1. The number of carbonyl (C=O) groups is 1. The minimum absolute atomic E-state index is 0.116. The molecule has 0 saturated carbocycles. The molecule has 6 nitrogen and oxygen atoms in total. The van der Waals surface area contributed by atoms with Crippen molar-refractivity contribution in [3.05, 3.63) is 47.3 Å². The first-order valence-electron chi connectivity index (χ1n) is 9.15. The van der Waals surface area contributed by atoms with Crippen molar-refractivity contribution >= 4 is 23.2 Å². The van der Waals surface area contributed by atoms with Crippen molar-refractivity contribution in [2.24, 2.45) is 0 Å². The molecule has 4 rings (SSSR count). The third-order valence-corrected chi connectivity index (χ3v) is 5.51. The summed E-state index contributed by atoms with van der Waals surface area (Å²) in [6.45, 7) is 1.51. The second-order valence-electron chi connectivity index (χ2n) is 7.83. The van der Waals surface area contributed by atoms with Crippen LogP contribution in [0.4, 0.5) is 14.5 Å². The fraction of sp³-hybridized carbons (Fsp3) is 0.400. The van der Waals surface area contributed by atoms with Crippen LogP contribution in [0.15, 0.2) is 36.5 Å². The molecule has 0 unspecified atom stereocenters. The average Bonchev–Trinajstić information content (AvgIpc) is 3.34. The fourth-order valence-corrected chi connectivity index (χ4v) is 4.00. The van der Waals surface area contributed by atoms with Gasteiger partial charge >= 0.3 is 6.61 Å². The van der Waals surface area contributed by atoms with Crippen LogP contribution < -0.4 is 14.8 Å². The molecule has 2 heterocycles. The number of anilines is 1. The number of alkyl halides is 2. The Labute approximate surface area is 171 Å². The zero-order valence-electron chi connectivity index (χ0n) is 15.9. The van der Waals surface area contributed by atoms with Crippen LogP contribution >= 0.6 is 11.6 Å². The summed E-state index contributed by atoms with van der Waals surface area (Å²) in [5.74, 6) is 0.0798. The lowest BCUT2D eigenvalue weighted by Gasteiger charge is -2.32. The summed E-state index contributed by atoms with van der Waals surface area (Å²) >= 11 is 5.89. The first-order chi connectivity index (χ1) is 13.7. The Morgan fingerprint density at radius 2 is 2.07 bits per heavy atom. The summed E-state index contributed by atoms with van der Waals surface area (Å²) < 4.78 is 37.5. The number of fused-ring (bicyclic) bond motifs is 1. The molecule has 0 fully saturated rings. The maximum Gasteiger partial charge on any atom is 0.387 e. The van der Waals surface area contributed by atoms with Gasteiger partial charge in [-0.1, -0.05) is 37.6 Å². The highest BCUT2D eigenvalue weighted by Gasteiger charge is 2.48. The molecule has 0 bridgehead atoms. The SMILES string of the molecule is CC1(C)COc2cnn(C3(C(=O)Nc4ccc(Cl)cc4OC(F)F)CC=CC3)c21. The molecule has 29 heavy (non-hydrogen) atoms. The number of hydrogen-bond donors (Lipinski definition) is 1. The number of aromatic nitrogens is 2. The van der Waals surface area contributed by atoms with Crippen LogP contribution in [0.1, 0.15) is 32.4 Å². The van der Waals surface area contributed by atoms with E-state index in [0.29, 0.717) is 25.2 Å². The van der Waals surface area contributed by atoms with Gasteiger partial charge in [-0.05, 0) is 25.0 Å². The minimum atomic E-state index is -3.04. The van der Waals surface area contributed by atoms with Gasteiger partial charge in [0.2, 0.25) is 0 Å². The summed E-state index contributed by atoms with van der Waals surface area (Å²) in [6.07, 6.45) is 6.28. The van der Waals surface area contributed by atoms with Crippen molar-refractivity contribution < 1.29 is 23.0 Å². The quantitative estimate of drug-likeness (QED) is 0.719. The van der Waals surface area contributed by atoms with E-state index in [1.54, 1.807) is 10.9 Å². The summed E-state index contributed by atoms with van der Waals surface area (Å²) in [6, 6.07) is 4.18. The topological polar surface area (TPSA) is 65.4 Å². The third-order valence-electron chi connectivity index (χ3n) is 5.28. The Morgan fingerprint density at radius 1 is 1.34 bits per heavy atom. The van der Waals surface area contributed by atoms with E-state index in [-0.39, 0.29) is 27.8 Å². The van der Waals surface area contributed by atoms with Crippen molar-refractivity contribution in [1.29, 1.82) is 0 Å². The van der Waals surface area contributed by atoms with Gasteiger partial charge in [-0.25, -0.2) is 4.68 Å². The molecule has 2 aliphatic rings. The zero-order valence-corrected chi connectivity index (χ0v) is 16.7. The number of benzene rings is 1. The van der Waals surface area contributed by atoms with E-state index in [1.807, 2.05) is 26.0 Å². The molecule has 1 aromatic heterocycles. The zero-order chi connectivity index (χ0) is 20.8. The summed E-state index contributed by atoms with van der Waals surface area (Å²) in [5, 5.41) is 7.41. The molecule has 154 valence electrons. The molecule has 2 aromatic rings. The van der Waals surface area contributed by atoms with Gasteiger partial charge in [0, 0.05) is 16.5 Å². The average molecular weight is 424 g/mol. The van der Waals surface area contributed by atoms with Gasteiger partial charge in [-0.3, -0.25) is 4.79 Å². The van der Waals surface area contributed by atoms with Crippen LogP contribution in [-0.2, 0) is 15.7 Å². The van der Waals surface area contributed by atoms with Crippen LogP contribution in [0, 0.1) is 0 Å². The summed E-state index contributed by atoms with van der Waals surface area (Å²) in [7, 11) is 0. The molecule has 0 atom stereocenters. The molecule has 1 aliphatic heterocycles. The van der Waals surface area contributed by atoms with E-state index >= 15 is 0 Å². The second kappa shape index (κ2) is 7.02. The van der Waals surface area contributed by atoms with Gasteiger partial charge in [0.25, 0.3) is 5.91 Å². The molecule has 1 aliphatic carbocycles. The van der Waals surface area contributed by atoms with E-state index in [0.717, 1.165) is 5.69 Å². The first-order valence-corrected chi connectivity index (χ1v) is 9.53. The van der Waals surface area contributed by atoms with E-state index in [4.69, 9.17) is 16.3 Å². The van der Waals surface area contributed by atoms with Crippen LogP contribution in [0.2, 0.25) is 5.02 Å².